The van der Waals surface area contributed by atoms with E-state index >= 15 is 0 Å². The van der Waals surface area contributed by atoms with Gasteiger partial charge in [0, 0.05) is 11.0 Å². The van der Waals surface area contributed by atoms with Crippen LogP contribution in [0.5, 0.6) is 0 Å². The van der Waals surface area contributed by atoms with Gasteiger partial charge in [0.05, 0.1) is 10.5 Å². The van der Waals surface area contributed by atoms with Crippen molar-refractivity contribution >= 4 is 26.0 Å². The van der Waals surface area contributed by atoms with Crippen LogP contribution < -0.4 is 4.72 Å². The van der Waals surface area contributed by atoms with E-state index in [0.717, 1.165) is 16.6 Å². The maximum Gasteiger partial charge on any atom is 0.416 e. The molecule has 130 valence electrons. The van der Waals surface area contributed by atoms with Crippen LogP contribution in [0.15, 0.2) is 51.8 Å². The summed E-state index contributed by atoms with van der Waals surface area (Å²) in [6, 6.07) is 9.37. The fraction of sp³-hybridized carbons (Fsp3) is 0.250. The van der Waals surface area contributed by atoms with Gasteiger partial charge in [0.2, 0.25) is 10.0 Å². The summed E-state index contributed by atoms with van der Waals surface area (Å²) < 4.78 is 66.1. The van der Waals surface area contributed by atoms with Crippen molar-refractivity contribution in [2.75, 3.05) is 0 Å². The summed E-state index contributed by atoms with van der Waals surface area (Å²) in [5.41, 5.74) is 0.0570. The third-order valence-corrected chi connectivity index (χ3v) is 5.41. The van der Waals surface area contributed by atoms with Gasteiger partial charge in [-0.15, -0.1) is 0 Å². The van der Waals surface area contributed by atoms with E-state index in [-0.39, 0.29) is 17.0 Å². The Bertz CT molecular complexity index is 835. The van der Waals surface area contributed by atoms with Crippen molar-refractivity contribution in [2.45, 2.75) is 31.0 Å². The van der Waals surface area contributed by atoms with Crippen LogP contribution in [0.25, 0.3) is 0 Å². The molecule has 0 fully saturated rings. The quantitative estimate of drug-likeness (QED) is 0.771. The first kappa shape index (κ1) is 19.0. The molecule has 2 aromatic carbocycles. The number of alkyl halides is 3. The van der Waals surface area contributed by atoms with Gasteiger partial charge in [-0.1, -0.05) is 41.1 Å². The Balaban J connectivity index is 2.23. The molecule has 2 rings (SSSR count). The highest BCUT2D eigenvalue weighted by molar-refractivity contribution is 9.10. The normalized spacial score (nSPS) is 12.4. The second-order valence-electron chi connectivity index (χ2n) is 5.13. The van der Waals surface area contributed by atoms with E-state index in [0.29, 0.717) is 12.0 Å². The van der Waals surface area contributed by atoms with Crippen LogP contribution in [0.4, 0.5) is 13.2 Å². The monoisotopic (exact) mass is 421 g/mol. The fourth-order valence-corrected chi connectivity index (χ4v) is 3.92. The minimum absolute atomic E-state index is 0.125. The van der Waals surface area contributed by atoms with Crippen molar-refractivity contribution in [1.29, 1.82) is 0 Å². The van der Waals surface area contributed by atoms with Crippen LogP contribution in [0.3, 0.4) is 0 Å². The van der Waals surface area contributed by atoms with Gasteiger partial charge in [-0.3, -0.25) is 0 Å². The number of hydrogen-bond acceptors (Lipinski definition) is 2. The van der Waals surface area contributed by atoms with Crippen LogP contribution in [0.2, 0.25) is 0 Å². The van der Waals surface area contributed by atoms with E-state index in [1.54, 1.807) is 12.1 Å². The average Bonchev–Trinajstić information content (AvgIpc) is 2.52. The van der Waals surface area contributed by atoms with Gasteiger partial charge in [0.15, 0.2) is 0 Å². The lowest BCUT2D eigenvalue weighted by Crippen LogP contribution is -2.24. The molecular weight excluding hydrogens is 407 g/mol. The molecule has 0 atom stereocenters. The van der Waals surface area contributed by atoms with Crippen molar-refractivity contribution in [1.82, 2.24) is 4.72 Å². The summed E-state index contributed by atoms with van der Waals surface area (Å²) in [6.45, 7) is 1.61. The van der Waals surface area contributed by atoms with Gasteiger partial charge < -0.3 is 0 Å². The Morgan fingerprint density at radius 3 is 2.46 bits per heavy atom. The maximum atomic E-state index is 12.7. The first-order valence-corrected chi connectivity index (χ1v) is 9.35. The van der Waals surface area contributed by atoms with Crippen LogP contribution in [0, 0.1) is 0 Å². The molecule has 0 aromatic heterocycles. The number of nitrogens with one attached hydrogen (secondary N) is 1. The molecule has 0 heterocycles. The lowest BCUT2D eigenvalue weighted by molar-refractivity contribution is -0.137. The number of benzene rings is 2. The molecule has 24 heavy (non-hydrogen) atoms. The highest BCUT2D eigenvalue weighted by Gasteiger charge is 2.30. The molecule has 0 radical (unpaired) electrons. The average molecular weight is 422 g/mol. The van der Waals surface area contributed by atoms with Gasteiger partial charge in [0.25, 0.3) is 0 Å². The predicted molar refractivity (Wildman–Crippen MR) is 89.0 cm³/mol. The third kappa shape index (κ3) is 4.58. The molecule has 0 aliphatic heterocycles. The molecule has 0 spiro atoms. The van der Waals surface area contributed by atoms with E-state index in [2.05, 4.69) is 20.7 Å². The van der Waals surface area contributed by atoms with Gasteiger partial charge in [0.1, 0.15) is 0 Å². The molecule has 0 bridgehead atoms. The van der Waals surface area contributed by atoms with Gasteiger partial charge in [-0.2, -0.15) is 13.2 Å². The highest BCUT2D eigenvalue weighted by Crippen LogP contribution is 2.29. The standard InChI is InChI=1S/C16H15BrF3NO2S/c1-2-12-9-14(17)6-7-15(12)24(22,23)21-10-11-4-3-5-13(8-11)16(18,19)20/h3-9,21H,2,10H2,1H3. The molecule has 8 heteroatoms. The second kappa shape index (κ2) is 7.25. The Kier molecular flexibility index (Phi) is 5.72. The van der Waals surface area contributed by atoms with Crippen molar-refractivity contribution in [3.05, 3.63) is 63.6 Å². The summed E-state index contributed by atoms with van der Waals surface area (Å²) in [6.07, 6.45) is -3.95. The van der Waals surface area contributed by atoms with Crippen LogP contribution in [-0.2, 0) is 29.2 Å². The molecule has 0 saturated heterocycles. The van der Waals surface area contributed by atoms with Crippen molar-refractivity contribution in [2.24, 2.45) is 0 Å². The Morgan fingerprint density at radius 1 is 1.12 bits per heavy atom. The lowest BCUT2D eigenvalue weighted by Gasteiger charge is -2.12. The minimum atomic E-state index is -4.46. The molecule has 3 nitrogen and oxygen atoms in total. The molecule has 0 aliphatic rings. The topological polar surface area (TPSA) is 46.2 Å². The van der Waals surface area contributed by atoms with Gasteiger partial charge in [-0.05, 0) is 41.8 Å². The summed E-state index contributed by atoms with van der Waals surface area (Å²) in [4.78, 5) is 0.125. The van der Waals surface area contributed by atoms with Crippen molar-refractivity contribution in [3.8, 4) is 0 Å². The zero-order valence-corrected chi connectivity index (χ0v) is 15.1. The summed E-state index contributed by atoms with van der Waals surface area (Å²) in [7, 11) is -3.82. The third-order valence-electron chi connectivity index (χ3n) is 3.41. The Hall–Kier alpha value is -1.38. The first-order chi connectivity index (χ1) is 11.1. The molecule has 0 unspecified atom stereocenters. The summed E-state index contributed by atoms with van der Waals surface area (Å²) in [5, 5.41) is 0. The number of rotatable bonds is 5. The largest absolute Gasteiger partial charge is 0.416 e. The molecule has 2 aromatic rings. The Labute approximate surface area is 147 Å². The van der Waals surface area contributed by atoms with E-state index in [1.807, 2.05) is 6.92 Å². The Morgan fingerprint density at radius 2 is 1.83 bits per heavy atom. The van der Waals surface area contributed by atoms with E-state index in [9.17, 15) is 21.6 Å². The number of halogens is 4. The van der Waals surface area contributed by atoms with E-state index in [4.69, 9.17) is 0 Å². The van der Waals surface area contributed by atoms with Crippen LogP contribution >= 0.6 is 15.9 Å². The van der Waals surface area contributed by atoms with E-state index < -0.39 is 21.8 Å². The first-order valence-electron chi connectivity index (χ1n) is 7.07. The SMILES string of the molecule is CCc1cc(Br)ccc1S(=O)(=O)NCc1cccc(C(F)(F)F)c1. The number of hydrogen-bond donors (Lipinski definition) is 1. The van der Waals surface area contributed by atoms with Crippen molar-refractivity contribution in [3.63, 3.8) is 0 Å². The maximum absolute atomic E-state index is 12.7. The second-order valence-corrected chi connectivity index (χ2v) is 7.78. The highest BCUT2D eigenvalue weighted by atomic mass is 79.9. The predicted octanol–water partition coefficient (Wildman–Crippen LogP) is 4.51. The summed E-state index contributed by atoms with van der Waals surface area (Å²) >= 11 is 3.28. The lowest BCUT2D eigenvalue weighted by atomic mass is 10.1. The van der Waals surface area contributed by atoms with Crippen molar-refractivity contribution < 1.29 is 21.6 Å². The number of sulfonamides is 1. The molecule has 0 aliphatic carbocycles. The molecule has 0 amide bonds. The van der Waals surface area contributed by atoms with E-state index in [1.165, 1.54) is 18.2 Å². The molecular formula is C16H15BrF3NO2S. The van der Waals surface area contributed by atoms with Crippen LogP contribution in [-0.4, -0.2) is 8.42 Å². The zero-order chi connectivity index (χ0) is 18.0. The van der Waals surface area contributed by atoms with Gasteiger partial charge in [-0.25, -0.2) is 13.1 Å². The minimum Gasteiger partial charge on any atom is -0.207 e. The number of aryl methyl sites for hydroxylation is 1. The van der Waals surface area contributed by atoms with Gasteiger partial charge >= 0.3 is 6.18 Å². The van der Waals surface area contributed by atoms with Crippen LogP contribution in [0.1, 0.15) is 23.6 Å². The molecule has 0 saturated carbocycles. The fourth-order valence-electron chi connectivity index (χ4n) is 2.20. The smallest absolute Gasteiger partial charge is 0.207 e. The zero-order valence-electron chi connectivity index (χ0n) is 12.7. The molecule has 1 N–H and O–H groups in total. The summed E-state index contributed by atoms with van der Waals surface area (Å²) in [5.74, 6) is 0.